The van der Waals surface area contributed by atoms with Crippen molar-refractivity contribution in [3.63, 3.8) is 0 Å². The van der Waals surface area contributed by atoms with Gasteiger partial charge in [0.2, 0.25) is 11.9 Å². The first-order chi connectivity index (χ1) is 11.1. The molecule has 0 bridgehead atoms. The van der Waals surface area contributed by atoms with Gasteiger partial charge >= 0.3 is 0 Å². The minimum atomic E-state index is -0.249. The lowest BCUT2D eigenvalue weighted by molar-refractivity contribution is 0.111. The SMILES string of the molecule is CCc1nc(N)nc(NC(CC)COCc2ccc(F)cc2)n1. The number of aryl methyl sites for hydroxylation is 1. The Morgan fingerprint density at radius 2 is 1.91 bits per heavy atom. The summed E-state index contributed by atoms with van der Waals surface area (Å²) in [6.45, 7) is 4.92. The number of nitrogen functional groups attached to an aromatic ring is 1. The van der Waals surface area contributed by atoms with Gasteiger partial charge in [-0.25, -0.2) is 4.39 Å². The summed E-state index contributed by atoms with van der Waals surface area (Å²) in [6.07, 6.45) is 1.54. The molecule has 2 aromatic rings. The summed E-state index contributed by atoms with van der Waals surface area (Å²) in [5, 5.41) is 3.21. The Morgan fingerprint density at radius 3 is 2.57 bits per heavy atom. The number of nitrogens with one attached hydrogen (secondary N) is 1. The highest BCUT2D eigenvalue weighted by Gasteiger charge is 2.10. The third kappa shape index (κ3) is 5.45. The molecule has 0 aliphatic rings. The molecule has 1 atom stereocenters. The number of hydrogen-bond donors (Lipinski definition) is 2. The molecule has 0 fully saturated rings. The minimum absolute atomic E-state index is 0.0574. The minimum Gasteiger partial charge on any atom is -0.375 e. The summed E-state index contributed by atoms with van der Waals surface area (Å²) in [4.78, 5) is 12.4. The molecule has 1 heterocycles. The number of rotatable bonds is 8. The molecule has 23 heavy (non-hydrogen) atoms. The van der Waals surface area contributed by atoms with Gasteiger partial charge in [0.05, 0.1) is 19.3 Å². The summed E-state index contributed by atoms with van der Waals surface area (Å²) in [7, 11) is 0. The molecule has 0 radical (unpaired) electrons. The number of anilines is 2. The van der Waals surface area contributed by atoms with Crippen LogP contribution in [-0.2, 0) is 17.8 Å². The fourth-order valence-electron chi connectivity index (χ4n) is 2.00. The lowest BCUT2D eigenvalue weighted by Gasteiger charge is -2.17. The van der Waals surface area contributed by atoms with E-state index in [1.807, 2.05) is 13.8 Å². The van der Waals surface area contributed by atoms with E-state index >= 15 is 0 Å². The first-order valence-corrected chi connectivity index (χ1v) is 7.69. The number of aromatic nitrogens is 3. The molecule has 3 N–H and O–H groups in total. The topological polar surface area (TPSA) is 86.0 Å². The normalized spacial score (nSPS) is 12.1. The van der Waals surface area contributed by atoms with Gasteiger partial charge in [-0.15, -0.1) is 0 Å². The molecule has 0 saturated heterocycles. The molecular formula is C16H22FN5O. The van der Waals surface area contributed by atoms with Crippen molar-refractivity contribution >= 4 is 11.9 Å². The van der Waals surface area contributed by atoms with E-state index in [-0.39, 0.29) is 17.8 Å². The molecule has 124 valence electrons. The molecule has 0 amide bonds. The van der Waals surface area contributed by atoms with Crippen LogP contribution in [0, 0.1) is 5.82 Å². The summed E-state index contributed by atoms with van der Waals surface area (Å²) in [6, 6.07) is 6.33. The van der Waals surface area contributed by atoms with Crippen molar-refractivity contribution in [3.05, 3.63) is 41.5 Å². The second-order valence-electron chi connectivity index (χ2n) is 5.18. The second-order valence-corrected chi connectivity index (χ2v) is 5.18. The largest absolute Gasteiger partial charge is 0.375 e. The highest BCUT2D eigenvalue weighted by atomic mass is 19.1. The van der Waals surface area contributed by atoms with Gasteiger partial charge in [0.25, 0.3) is 0 Å². The maximum atomic E-state index is 12.8. The third-order valence-electron chi connectivity index (χ3n) is 3.34. The average molecular weight is 319 g/mol. The van der Waals surface area contributed by atoms with E-state index in [9.17, 15) is 4.39 Å². The summed E-state index contributed by atoms with van der Waals surface area (Å²) in [5.41, 5.74) is 6.61. The van der Waals surface area contributed by atoms with Crippen molar-refractivity contribution in [3.8, 4) is 0 Å². The van der Waals surface area contributed by atoms with E-state index < -0.39 is 0 Å². The molecule has 1 unspecified atom stereocenters. The van der Waals surface area contributed by atoms with Crippen molar-refractivity contribution in [1.29, 1.82) is 0 Å². The molecule has 0 saturated carbocycles. The summed E-state index contributed by atoms with van der Waals surface area (Å²) < 4.78 is 18.5. The second kappa shape index (κ2) is 8.38. The van der Waals surface area contributed by atoms with Gasteiger partial charge < -0.3 is 15.8 Å². The number of nitrogens with zero attached hydrogens (tertiary/aromatic N) is 3. The smallest absolute Gasteiger partial charge is 0.228 e. The number of hydrogen-bond acceptors (Lipinski definition) is 6. The average Bonchev–Trinajstić information content (AvgIpc) is 2.55. The maximum absolute atomic E-state index is 12.8. The Hall–Kier alpha value is -2.28. The van der Waals surface area contributed by atoms with Crippen LogP contribution in [-0.4, -0.2) is 27.6 Å². The Bertz CT molecular complexity index is 620. The fourth-order valence-corrected chi connectivity index (χ4v) is 2.00. The number of halogens is 1. The van der Waals surface area contributed by atoms with Gasteiger partial charge in [-0.1, -0.05) is 26.0 Å². The van der Waals surface area contributed by atoms with E-state index in [1.54, 1.807) is 12.1 Å². The molecule has 0 spiro atoms. The molecule has 7 heteroatoms. The zero-order chi connectivity index (χ0) is 16.7. The quantitative estimate of drug-likeness (QED) is 0.778. The van der Waals surface area contributed by atoms with Gasteiger partial charge in [-0.05, 0) is 24.1 Å². The summed E-state index contributed by atoms with van der Waals surface area (Å²) >= 11 is 0. The Labute approximate surface area is 135 Å². The van der Waals surface area contributed by atoms with Crippen molar-refractivity contribution in [1.82, 2.24) is 15.0 Å². The maximum Gasteiger partial charge on any atom is 0.228 e. The molecular weight excluding hydrogens is 297 g/mol. The van der Waals surface area contributed by atoms with Crippen molar-refractivity contribution in [2.24, 2.45) is 0 Å². The molecule has 2 rings (SSSR count). The molecule has 0 aliphatic heterocycles. The van der Waals surface area contributed by atoms with Crippen LogP contribution in [0.4, 0.5) is 16.3 Å². The van der Waals surface area contributed by atoms with E-state index in [2.05, 4.69) is 20.3 Å². The first kappa shape index (κ1) is 17.1. The Kier molecular flexibility index (Phi) is 6.22. The Balaban J connectivity index is 1.87. The van der Waals surface area contributed by atoms with Crippen molar-refractivity contribution in [2.75, 3.05) is 17.7 Å². The standard InChI is InChI=1S/C16H22FN5O/c1-3-13(10-23-9-11-5-7-12(17)8-6-11)19-16-21-14(4-2)20-15(18)22-16/h5-8,13H,3-4,9-10H2,1-2H3,(H3,18,19,20,21,22). The van der Waals surface area contributed by atoms with Gasteiger partial charge in [0.15, 0.2) is 0 Å². The highest BCUT2D eigenvalue weighted by molar-refractivity contribution is 5.32. The molecule has 1 aromatic heterocycles. The third-order valence-corrected chi connectivity index (χ3v) is 3.34. The van der Waals surface area contributed by atoms with Gasteiger partial charge in [0, 0.05) is 6.42 Å². The molecule has 6 nitrogen and oxygen atoms in total. The van der Waals surface area contributed by atoms with Crippen LogP contribution in [0.3, 0.4) is 0 Å². The van der Waals surface area contributed by atoms with E-state index in [1.165, 1.54) is 12.1 Å². The van der Waals surface area contributed by atoms with Crippen molar-refractivity contribution < 1.29 is 9.13 Å². The zero-order valence-corrected chi connectivity index (χ0v) is 13.4. The van der Waals surface area contributed by atoms with E-state index in [0.29, 0.717) is 31.4 Å². The predicted molar refractivity (Wildman–Crippen MR) is 87.4 cm³/mol. The van der Waals surface area contributed by atoms with Gasteiger partial charge in [-0.3, -0.25) is 0 Å². The number of ether oxygens (including phenoxy) is 1. The lowest BCUT2D eigenvalue weighted by Crippen LogP contribution is -2.26. The van der Waals surface area contributed by atoms with Crippen LogP contribution in [0.5, 0.6) is 0 Å². The fraction of sp³-hybridized carbons (Fsp3) is 0.438. The molecule has 0 aliphatic carbocycles. The lowest BCUT2D eigenvalue weighted by atomic mass is 10.2. The summed E-state index contributed by atoms with van der Waals surface area (Å²) in [5.74, 6) is 1.08. The van der Waals surface area contributed by atoms with Crippen LogP contribution >= 0.6 is 0 Å². The predicted octanol–water partition coefficient (Wildman–Crippen LogP) is 2.56. The Morgan fingerprint density at radius 1 is 1.17 bits per heavy atom. The first-order valence-electron chi connectivity index (χ1n) is 7.69. The number of benzene rings is 1. The van der Waals surface area contributed by atoms with E-state index in [0.717, 1.165) is 12.0 Å². The van der Waals surface area contributed by atoms with Crippen LogP contribution in [0.15, 0.2) is 24.3 Å². The van der Waals surface area contributed by atoms with Crippen molar-refractivity contribution in [2.45, 2.75) is 39.3 Å². The van der Waals surface area contributed by atoms with Gasteiger partial charge in [0.1, 0.15) is 11.6 Å². The van der Waals surface area contributed by atoms with Crippen LogP contribution in [0.2, 0.25) is 0 Å². The van der Waals surface area contributed by atoms with Gasteiger partial charge in [-0.2, -0.15) is 15.0 Å². The zero-order valence-electron chi connectivity index (χ0n) is 13.4. The van der Waals surface area contributed by atoms with Crippen LogP contribution in [0.25, 0.3) is 0 Å². The van der Waals surface area contributed by atoms with E-state index in [4.69, 9.17) is 10.5 Å². The molecule has 1 aromatic carbocycles. The number of nitrogens with two attached hydrogens (primary N) is 1. The van der Waals surface area contributed by atoms with Crippen LogP contribution < -0.4 is 11.1 Å². The highest BCUT2D eigenvalue weighted by Crippen LogP contribution is 2.09. The van der Waals surface area contributed by atoms with Crippen LogP contribution in [0.1, 0.15) is 31.7 Å². The monoisotopic (exact) mass is 319 g/mol.